The van der Waals surface area contributed by atoms with Gasteiger partial charge >= 0.3 is 5.69 Å². The standard InChI is InChI=1S/C10H15N3O3S/c1-6-3-13(10(14)12-9(6)11)7-4-16-8(17-7)5-15-2/h3,7-8H,4-5H2,1-2H3,(H2,11,12,14)/t7-,8-/m1/s1. The minimum Gasteiger partial charge on any atom is -0.383 e. The van der Waals surface area contributed by atoms with E-state index in [-0.39, 0.29) is 22.3 Å². The Balaban J connectivity index is 2.19. The molecule has 94 valence electrons. The normalized spacial score (nSPS) is 24.1. The van der Waals surface area contributed by atoms with Crippen molar-refractivity contribution in [2.75, 3.05) is 26.1 Å². The molecule has 1 saturated heterocycles. The van der Waals surface area contributed by atoms with Crippen molar-refractivity contribution in [1.82, 2.24) is 9.55 Å². The van der Waals surface area contributed by atoms with Crippen LogP contribution >= 0.6 is 11.8 Å². The number of ether oxygens (including phenoxy) is 2. The molecule has 6 nitrogen and oxygen atoms in total. The molecule has 2 N–H and O–H groups in total. The molecule has 0 aromatic carbocycles. The second-order valence-corrected chi connectivity index (χ2v) is 5.15. The minimum atomic E-state index is -0.340. The van der Waals surface area contributed by atoms with Crippen molar-refractivity contribution >= 4 is 17.6 Å². The van der Waals surface area contributed by atoms with Crippen LogP contribution in [0.15, 0.2) is 11.0 Å². The Kier molecular flexibility index (Phi) is 3.70. The number of thioether (sulfide) groups is 1. The van der Waals surface area contributed by atoms with Gasteiger partial charge in [-0.05, 0) is 6.92 Å². The number of hydrogen-bond acceptors (Lipinski definition) is 6. The fourth-order valence-corrected chi connectivity index (χ4v) is 2.76. The number of methoxy groups -OCH3 is 1. The lowest BCUT2D eigenvalue weighted by atomic mass is 10.3. The van der Waals surface area contributed by atoms with Gasteiger partial charge < -0.3 is 15.2 Å². The number of hydrogen-bond donors (Lipinski definition) is 1. The molecular formula is C10H15N3O3S. The van der Waals surface area contributed by atoms with E-state index in [9.17, 15) is 4.79 Å². The van der Waals surface area contributed by atoms with Gasteiger partial charge in [0.05, 0.1) is 13.2 Å². The zero-order chi connectivity index (χ0) is 12.4. The van der Waals surface area contributed by atoms with Crippen LogP contribution in [0.25, 0.3) is 0 Å². The quantitative estimate of drug-likeness (QED) is 0.842. The first-order valence-corrected chi connectivity index (χ1v) is 6.17. The summed E-state index contributed by atoms with van der Waals surface area (Å²) in [4.78, 5) is 15.5. The van der Waals surface area contributed by atoms with Crippen LogP contribution in [0.2, 0.25) is 0 Å². The molecule has 0 spiro atoms. The maximum Gasteiger partial charge on any atom is 0.350 e. The third-order valence-corrected chi connectivity index (χ3v) is 3.77. The highest BCUT2D eigenvalue weighted by atomic mass is 32.2. The van der Waals surface area contributed by atoms with Gasteiger partial charge in [-0.1, -0.05) is 0 Å². The summed E-state index contributed by atoms with van der Waals surface area (Å²) in [6.07, 6.45) is 1.72. The Morgan fingerprint density at radius 3 is 3.24 bits per heavy atom. The number of anilines is 1. The van der Waals surface area contributed by atoms with Crippen LogP contribution in [-0.4, -0.2) is 35.3 Å². The van der Waals surface area contributed by atoms with E-state index in [1.54, 1.807) is 29.6 Å². The van der Waals surface area contributed by atoms with Gasteiger partial charge in [-0.3, -0.25) is 4.57 Å². The van der Waals surface area contributed by atoms with E-state index in [1.165, 1.54) is 0 Å². The van der Waals surface area contributed by atoms with Gasteiger partial charge in [-0.2, -0.15) is 4.98 Å². The van der Waals surface area contributed by atoms with Crippen LogP contribution < -0.4 is 11.4 Å². The minimum absolute atomic E-state index is 0.0326. The van der Waals surface area contributed by atoms with Crippen LogP contribution in [0.5, 0.6) is 0 Å². The Morgan fingerprint density at radius 2 is 2.53 bits per heavy atom. The lowest BCUT2D eigenvalue weighted by Gasteiger charge is -2.12. The number of aromatic nitrogens is 2. The van der Waals surface area contributed by atoms with E-state index in [4.69, 9.17) is 15.2 Å². The lowest BCUT2D eigenvalue weighted by molar-refractivity contribution is 0.0595. The lowest BCUT2D eigenvalue weighted by Crippen LogP contribution is -2.27. The zero-order valence-corrected chi connectivity index (χ0v) is 10.6. The predicted molar refractivity (Wildman–Crippen MR) is 65.9 cm³/mol. The summed E-state index contributed by atoms with van der Waals surface area (Å²) in [6.45, 7) is 2.81. The molecule has 0 radical (unpaired) electrons. The molecule has 0 unspecified atom stereocenters. The highest BCUT2D eigenvalue weighted by Crippen LogP contribution is 2.34. The molecule has 1 fully saturated rings. The summed E-state index contributed by atoms with van der Waals surface area (Å²) in [6, 6.07) is 0. The van der Waals surface area contributed by atoms with Gasteiger partial charge in [0.2, 0.25) is 0 Å². The third-order valence-electron chi connectivity index (χ3n) is 2.52. The van der Waals surface area contributed by atoms with E-state index >= 15 is 0 Å². The maximum atomic E-state index is 11.7. The smallest absolute Gasteiger partial charge is 0.350 e. The van der Waals surface area contributed by atoms with Crippen LogP contribution in [0, 0.1) is 6.92 Å². The number of nitrogens with two attached hydrogens (primary N) is 1. The molecule has 2 heterocycles. The van der Waals surface area contributed by atoms with Crippen LogP contribution in [0.3, 0.4) is 0 Å². The molecule has 1 aliphatic heterocycles. The van der Waals surface area contributed by atoms with Crippen LogP contribution in [0.1, 0.15) is 10.9 Å². The Labute approximate surface area is 103 Å². The molecule has 17 heavy (non-hydrogen) atoms. The van der Waals surface area contributed by atoms with E-state index in [0.717, 1.165) is 5.56 Å². The largest absolute Gasteiger partial charge is 0.383 e. The number of nitrogens with zero attached hydrogens (tertiary/aromatic N) is 2. The van der Waals surface area contributed by atoms with Gasteiger partial charge in [-0.15, -0.1) is 11.8 Å². The second-order valence-electron chi connectivity index (χ2n) is 3.81. The van der Waals surface area contributed by atoms with E-state index < -0.39 is 0 Å². The summed E-state index contributed by atoms with van der Waals surface area (Å²) < 4.78 is 12.1. The Hall–Kier alpha value is -1.05. The van der Waals surface area contributed by atoms with Crippen LogP contribution in [-0.2, 0) is 9.47 Å². The summed E-state index contributed by atoms with van der Waals surface area (Å²) in [7, 11) is 1.62. The van der Waals surface area contributed by atoms with Crippen molar-refractivity contribution in [2.24, 2.45) is 0 Å². The molecule has 2 rings (SSSR count). The molecule has 0 amide bonds. The van der Waals surface area contributed by atoms with Crippen molar-refractivity contribution in [1.29, 1.82) is 0 Å². The topological polar surface area (TPSA) is 79.4 Å². The number of nitrogen functional groups attached to an aromatic ring is 1. The van der Waals surface area contributed by atoms with Gasteiger partial charge in [0.15, 0.2) is 0 Å². The van der Waals surface area contributed by atoms with Crippen molar-refractivity contribution in [3.63, 3.8) is 0 Å². The van der Waals surface area contributed by atoms with Crippen molar-refractivity contribution in [2.45, 2.75) is 17.7 Å². The summed E-state index contributed by atoms with van der Waals surface area (Å²) in [5.41, 5.74) is 6.00. The number of rotatable bonds is 3. The highest BCUT2D eigenvalue weighted by molar-refractivity contribution is 8.00. The van der Waals surface area contributed by atoms with E-state index in [1.807, 2.05) is 6.92 Å². The fraction of sp³-hybridized carbons (Fsp3) is 0.600. The Bertz CT molecular complexity index is 463. The molecule has 0 aliphatic carbocycles. The second kappa shape index (κ2) is 5.07. The summed E-state index contributed by atoms with van der Waals surface area (Å²) in [5.74, 6) is 0.281. The zero-order valence-electron chi connectivity index (χ0n) is 9.75. The molecule has 7 heteroatoms. The predicted octanol–water partition coefficient (Wildman–Crippen LogP) is 0.368. The van der Waals surface area contributed by atoms with Crippen LogP contribution in [0.4, 0.5) is 5.82 Å². The average Bonchev–Trinajstić information content (AvgIpc) is 2.72. The fourth-order valence-electron chi connectivity index (χ4n) is 1.60. The van der Waals surface area contributed by atoms with Crippen molar-refractivity contribution in [3.05, 3.63) is 22.2 Å². The summed E-state index contributed by atoms with van der Waals surface area (Å²) in [5, 5.41) is -0.0607. The van der Waals surface area contributed by atoms with Crippen molar-refractivity contribution in [3.8, 4) is 0 Å². The maximum absolute atomic E-state index is 11.7. The first-order chi connectivity index (χ1) is 8.11. The first-order valence-electron chi connectivity index (χ1n) is 5.23. The van der Waals surface area contributed by atoms with E-state index in [0.29, 0.717) is 13.2 Å². The molecule has 0 saturated carbocycles. The highest BCUT2D eigenvalue weighted by Gasteiger charge is 2.28. The Morgan fingerprint density at radius 1 is 1.76 bits per heavy atom. The molecule has 2 atom stereocenters. The molecule has 0 bridgehead atoms. The first kappa shape index (κ1) is 12.4. The van der Waals surface area contributed by atoms with Gasteiger partial charge in [0.25, 0.3) is 0 Å². The van der Waals surface area contributed by atoms with Gasteiger partial charge in [-0.25, -0.2) is 4.79 Å². The number of aryl methyl sites for hydroxylation is 1. The summed E-state index contributed by atoms with van der Waals surface area (Å²) >= 11 is 1.55. The van der Waals surface area contributed by atoms with Crippen molar-refractivity contribution < 1.29 is 9.47 Å². The van der Waals surface area contributed by atoms with Gasteiger partial charge in [0.1, 0.15) is 16.6 Å². The molecule has 1 aliphatic rings. The molecule has 1 aromatic heterocycles. The van der Waals surface area contributed by atoms with Gasteiger partial charge in [0, 0.05) is 18.9 Å². The SMILES string of the molecule is COC[C@@H]1OC[C@H](n2cc(C)c(N)nc2=O)S1. The molecule has 1 aromatic rings. The van der Waals surface area contributed by atoms with E-state index in [2.05, 4.69) is 4.98 Å². The third kappa shape index (κ3) is 2.62. The molecular weight excluding hydrogens is 242 g/mol. The monoisotopic (exact) mass is 257 g/mol. The average molecular weight is 257 g/mol.